The normalized spacial score (nSPS) is 40.7. The van der Waals surface area contributed by atoms with E-state index in [0.717, 1.165) is 72.8 Å². The van der Waals surface area contributed by atoms with E-state index in [-0.39, 0.29) is 31.7 Å². The lowest BCUT2D eigenvalue weighted by molar-refractivity contribution is -0.328. The van der Waals surface area contributed by atoms with Crippen molar-refractivity contribution in [2.24, 2.45) is 0 Å². The molecule has 0 aliphatic carbocycles. The Morgan fingerprint density at radius 2 is 0.552 bits per heavy atom. The van der Waals surface area contributed by atoms with Crippen LogP contribution >= 0.6 is 35.3 Å². The zero-order valence-electron chi connectivity index (χ0n) is 54.2. The summed E-state index contributed by atoms with van der Waals surface area (Å²) in [6.45, 7) is -8.77. The van der Waals surface area contributed by atoms with E-state index in [1.54, 1.807) is 0 Å². The van der Waals surface area contributed by atoms with Gasteiger partial charge >= 0.3 is 0 Å². The van der Waals surface area contributed by atoms with Gasteiger partial charge in [-0.15, -0.1) is 0 Å². The zero-order chi connectivity index (χ0) is 77.3. The van der Waals surface area contributed by atoms with Gasteiger partial charge in [-0.2, -0.15) is 0 Å². The first-order valence-corrected chi connectivity index (χ1v) is 38.6. The highest BCUT2D eigenvalue weighted by Gasteiger charge is 2.69. The SMILES string of the molecule is O=S(=O)(Nc1ccc(S[C@@]2(O)[C@H](O)[C@](O)([C@@H]3O[C@H](CO)[C@@H](O)[C@H](O)[C@H]3O)CO[C@@H]2CO)cc1)c1cc(S(=O)(=O)Nc2ccc(S[C@@]3(O)[C@H](O)[C@](O)([C@@H]4O[C@H](CO)[C@@H](O)[C@H](O)[C@H]4O)CO[C@@H]3CO)cc2)cc(S(=O)(=O)Nc2ccc(S[C@@]3(O)[C@H](O)[C@](O)([C@@H]4O[C@H](CO)[C@@H](O)[C@H](O)[C@H]4O)CO[C@@H]3CO)cc2)c1. The molecule has 0 spiro atoms. The highest BCUT2D eigenvalue weighted by molar-refractivity contribution is 8.01. The third kappa shape index (κ3) is 15.6. The molecule has 10 rings (SSSR count). The molecule has 588 valence electrons. The number of benzene rings is 4. The van der Waals surface area contributed by atoms with Gasteiger partial charge in [0.2, 0.25) is 0 Å². The van der Waals surface area contributed by atoms with Crippen molar-refractivity contribution in [2.45, 2.75) is 189 Å². The summed E-state index contributed by atoms with van der Waals surface area (Å²) in [5.41, 5.74) is -9.57. The predicted octanol–water partition coefficient (Wildman–Crippen LogP) is -10.6. The molecule has 105 heavy (non-hydrogen) atoms. The van der Waals surface area contributed by atoms with E-state index in [9.17, 15) is 148 Å². The fraction of sp³-hybridized carbons (Fsp3) is 0.600. The molecule has 0 radical (unpaired) electrons. The lowest BCUT2D eigenvalue weighted by Gasteiger charge is -2.55. The van der Waals surface area contributed by atoms with E-state index in [0.29, 0.717) is 53.5 Å². The Morgan fingerprint density at radius 1 is 0.333 bits per heavy atom. The fourth-order valence-electron chi connectivity index (χ4n) is 13.1. The van der Waals surface area contributed by atoms with E-state index >= 15 is 0 Å². The minimum atomic E-state index is -5.19. The highest BCUT2D eigenvalue weighted by Crippen LogP contribution is 2.51. The molecule has 4 aromatic carbocycles. The van der Waals surface area contributed by atoms with Gasteiger partial charge in [-0.05, 0) is 91.0 Å². The minimum Gasteiger partial charge on any atom is -0.394 e. The third-order valence-electron chi connectivity index (χ3n) is 19.1. The van der Waals surface area contributed by atoms with Crippen LogP contribution in [0.5, 0.6) is 0 Å². The van der Waals surface area contributed by atoms with E-state index in [2.05, 4.69) is 14.2 Å². The zero-order valence-corrected chi connectivity index (χ0v) is 59.1. The number of anilines is 3. The Labute approximate surface area is 609 Å². The van der Waals surface area contributed by atoms with Crippen LogP contribution in [-0.2, 0) is 58.5 Å². The summed E-state index contributed by atoms with van der Waals surface area (Å²) in [5.74, 6) is 0. The molecule has 4 aromatic rings. The molecule has 6 fully saturated rings. The van der Waals surface area contributed by atoms with Gasteiger partial charge in [0, 0.05) is 31.7 Å². The van der Waals surface area contributed by atoms with Crippen molar-refractivity contribution < 1.29 is 176 Å². The van der Waals surface area contributed by atoms with Gasteiger partial charge in [-0.3, -0.25) is 14.2 Å². The summed E-state index contributed by atoms with van der Waals surface area (Å²) < 4.78 is 127. The van der Waals surface area contributed by atoms with Gasteiger partial charge in [-0.1, -0.05) is 35.3 Å². The van der Waals surface area contributed by atoms with Crippen LogP contribution in [0.2, 0.25) is 0 Å². The molecule has 45 heteroatoms. The molecule has 0 bridgehead atoms. The monoisotopic (exact) mass is 1610 g/mol. The molecule has 6 aliphatic rings. The number of hydrogen-bond acceptors (Lipinski definition) is 39. The largest absolute Gasteiger partial charge is 0.394 e. The minimum absolute atomic E-state index is 0.0638. The van der Waals surface area contributed by atoms with Crippen LogP contribution in [0.15, 0.2) is 120 Å². The Balaban J connectivity index is 0.928. The number of thioether (sulfide) groups is 3. The van der Waals surface area contributed by atoms with Crippen molar-refractivity contribution in [3.05, 3.63) is 91.0 Å². The summed E-state index contributed by atoms with van der Waals surface area (Å²) in [5, 5.41) is 262. The Bertz CT molecular complexity index is 3600. The number of ether oxygens (including phenoxy) is 6. The average Bonchev–Trinajstić information content (AvgIpc) is 0.741. The quantitative estimate of drug-likeness (QED) is 0.0290. The van der Waals surface area contributed by atoms with Crippen LogP contribution < -0.4 is 14.2 Å². The Kier molecular flexibility index (Phi) is 25.1. The van der Waals surface area contributed by atoms with Crippen LogP contribution in [0.3, 0.4) is 0 Å². The lowest BCUT2D eigenvalue weighted by atomic mass is 9.77. The molecule has 0 unspecified atom stereocenters. The van der Waals surface area contributed by atoms with Gasteiger partial charge in [0.25, 0.3) is 30.1 Å². The van der Waals surface area contributed by atoms with Crippen molar-refractivity contribution in [1.82, 2.24) is 0 Å². The van der Waals surface area contributed by atoms with Gasteiger partial charge in [0.1, 0.15) is 145 Å². The fourth-order valence-corrected chi connectivity index (χ4v) is 20.4. The average molecular weight is 1610 g/mol. The summed E-state index contributed by atoms with van der Waals surface area (Å²) in [4.78, 5) is -11.7. The molecule has 0 aromatic heterocycles. The van der Waals surface area contributed by atoms with Crippen molar-refractivity contribution >= 4 is 82.4 Å². The number of aliphatic hydroxyl groups is 24. The third-order valence-corrected chi connectivity index (χ3v) is 27.2. The van der Waals surface area contributed by atoms with Crippen molar-refractivity contribution in [2.75, 3.05) is 73.6 Å². The van der Waals surface area contributed by atoms with E-state index < -0.39 is 264 Å². The topological polar surface area (TPSA) is 679 Å². The van der Waals surface area contributed by atoms with Crippen LogP contribution in [0, 0.1) is 0 Å². The molecule has 6 aliphatic heterocycles. The molecule has 27 N–H and O–H groups in total. The summed E-state index contributed by atoms with van der Waals surface area (Å²) in [6.07, 6.45) is -41.8. The maximum Gasteiger partial charge on any atom is 0.261 e. The molecular weight excluding hydrogens is 1530 g/mol. The van der Waals surface area contributed by atoms with E-state index in [1.807, 2.05) is 0 Å². The van der Waals surface area contributed by atoms with Gasteiger partial charge in [0.15, 0.2) is 14.8 Å². The van der Waals surface area contributed by atoms with Gasteiger partial charge in [0.05, 0.1) is 74.1 Å². The maximum absolute atomic E-state index is 14.5. The second kappa shape index (κ2) is 31.6. The van der Waals surface area contributed by atoms with Gasteiger partial charge in [-0.25, -0.2) is 25.3 Å². The summed E-state index contributed by atoms with van der Waals surface area (Å²) in [6, 6.07) is 14.7. The molecule has 27 atom stereocenters. The molecular formula is C60H81N3O36S6. The molecule has 39 nitrogen and oxygen atoms in total. The van der Waals surface area contributed by atoms with E-state index in [1.165, 1.54) is 0 Å². The van der Waals surface area contributed by atoms with Crippen LogP contribution in [0.4, 0.5) is 17.1 Å². The lowest BCUT2D eigenvalue weighted by Crippen LogP contribution is -2.76. The highest BCUT2D eigenvalue weighted by atomic mass is 32.2. The summed E-state index contributed by atoms with van der Waals surface area (Å²) in [7, 11) is -15.6. The second-order valence-corrected chi connectivity index (χ2v) is 35.0. The second-order valence-electron chi connectivity index (χ2n) is 26.0. The van der Waals surface area contributed by atoms with Crippen LogP contribution in [0.25, 0.3) is 0 Å². The molecule has 6 saturated heterocycles. The molecule has 0 saturated carbocycles. The number of nitrogens with one attached hydrogen (secondary N) is 3. The molecule has 0 amide bonds. The van der Waals surface area contributed by atoms with Crippen molar-refractivity contribution in [3.63, 3.8) is 0 Å². The number of hydrogen-bond donors (Lipinski definition) is 27. The smallest absolute Gasteiger partial charge is 0.261 e. The Morgan fingerprint density at radius 3 is 0.752 bits per heavy atom. The maximum atomic E-state index is 14.5. The first-order valence-electron chi connectivity index (χ1n) is 31.7. The van der Waals surface area contributed by atoms with E-state index in [4.69, 9.17) is 28.4 Å². The van der Waals surface area contributed by atoms with Crippen LogP contribution in [0.1, 0.15) is 0 Å². The number of sulfonamides is 3. The van der Waals surface area contributed by atoms with Crippen LogP contribution in [-0.4, -0.2) is 367 Å². The molecule has 6 heterocycles. The standard InChI is InChI=1S/C60H81N3O36S6/c64-16-34-40(70)43(73)46(76)49(97-34)55(82)22-94-37(19-67)58(85,52(55)79)100-28-7-1-25(2-8-28)61-103(88,89)31-13-32(104(90,91)62-26-3-9-29(10-4-26)101-59(86)38(20-68)95-23-56(83,53(59)80)50-47(77)44(74)41(71)35(17-65)98-50)15-33(14-31)105(92,93)63-27-5-11-30(12-6-27)102-60(87)39(21-69)96-24-57(84,54(60)81)51-48(78)45(75)42(72)36(18-66)99-51/h1-15,34-54,61-87H,16-24H2/t34-,35-,36-,37-,38-,39-,40-,41-,42-,43+,44+,45+,46-,47-,48-,49-,50-,51-,52-,53-,54-,55-,56-,57-,58-,59-,60-/m1/s1. The summed E-state index contributed by atoms with van der Waals surface area (Å²) >= 11 is 0.988. The first-order chi connectivity index (χ1) is 49.1. The Hall–Kier alpha value is -4.02. The first kappa shape index (κ1) is 83.5. The van der Waals surface area contributed by atoms with Crippen molar-refractivity contribution in [1.29, 1.82) is 0 Å². The van der Waals surface area contributed by atoms with Crippen molar-refractivity contribution in [3.8, 4) is 0 Å². The number of aliphatic hydroxyl groups excluding tert-OH is 18. The number of rotatable bonds is 24. The van der Waals surface area contributed by atoms with Gasteiger partial charge < -0.3 is 151 Å². The predicted molar refractivity (Wildman–Crippen MR) is 355 cm³/mol.